The highest BCUT2D eigenvalue weighted by molar-refractivity contribution is 5.88. The number of oxime groups is 1. The van der Waals surface area contributed by atoms with Gasteiger partial charge in [-0.2, -0.15) is 26.3 Å². The van der Waals surface area contributed by atoms with Crippen molar-refractivity contribution in [1.82, 2.24) is 4.90 Å². The lowest BCUT2D eigenvalue weighted by molar-refractivity contribution is -0.277. The quantitative estimate of drug-likeness (QED) is 0.267. The fourth-order valence-electron chi connectivity index (χ4n) is 1.41. The molecule has 0 aromatic carbocycles. The first-order chi connectivity index (χ1) is 8.95. The normalized spacial score (nSPS) is 13.7. The highest BCUT2D eigenvalue weighted by Gasteiger charge is 2.62. The number of nitrogens with zero attached hydrogens (tertiary/aromatic N) is 2. The number of carbonyl (C=O) groups excluding carboxylic acids is 1. The topological polar surface area (TPSA) is 78.9 Å². The molecule has 0 saturated carbocycles. The van der Waals surface area contributed by atoms with Gasteiger partial charge in [0.25, 0.3) is 0 Å². The molecular formula is C9H13F6N3O2. The molecule has 0 spiro atoms. The molecule has 118 valence electrons. The maximum absolute atomic E-state index is 12.4. The van der Waals surface area contributed by atoms with Crippen molar-refractivity contribution in [2.45, 2.75) is 25.7 Å². The zero-order valence-corrected chi connectivity index (χ0v) is 10.3. The second-order valence-corrected chi connectivity index (χ2v) is 3.87. The van der Waals surface area contributed by atoms with Crippen molar-refractivity contribution in [3.05, 3.63) is 0 Å². The van der Waals surface area contributed by atoms with Crippen LogP contribution in [0.3, 0.4) is 0 Å². The van der Waals surface area contributed by atoms with Crippen molar-refractivity contribution >= 4 is 11.7 Å². The van der Waals surface area contributed by atoms with Gasteiger partial charge >= 0.3 is 12.4 Å². The number of rotatable bonds is 5. The van der Waals surface area contributed by atoms with Crippen molar-refractivity contribution in [2.75, 3.05) is 13.1 Å². The maximum atomic E-state index is 12.4. The molecule has 0 saturated heterocycles. The number of amidine groups is 1. The molecule has 0 bridgehead atoms. The summed E-state index contributed by atoms with van der Waals surface area (Å²) in [5, 5.41) is 10.7. The lowest BCUT2D eigenvalue weighted by atomic mass is 10.1. The van der Waals surface area contributed by atoms with Gasteiger partial charge in [-0.15, -0.1) is 0 Å². The van der Waals surface area contributed by atoms with Crippen LogP contribution in [0.4, 0.5) is 26.3 Å². The lowest BCUT2D eigenvalue weighted by Crippen LogP contribution is -2.51. The molecule has 3 N–H and O–H groups in total. The maximum Gasteiger partial charge on any atom is 0.409 e. The van der Waals surface area contributed by atoms with Gasteiger partial charge in [-0.1, -0.05) is 12.1 Å². The number of nitrogens with two attached hydrogens (primary N) is 1. The number of hydrogen-bond donors (Lipinski definition) is 2. The van der Waals surface area contributed by atoms with Crippen LogP contribution in [0.5, 0.6) is 0 Å². The standard InChI is InChI=1S/C9H13F6N3O2/c1-2-3-18(4-5(16)17-20)7(19)6(8(10,11)12)9(13,14)15/h6,20H,2-4H2,1H3,(H2,16,17). The van der Waals surface area contributed by atoms with Gasteiger partial charge in [-0.05, 0) is 6.42 Å². The van der Waals surface area contributed by atoms with Gasteiger partial charge in [0.05, 0.1) is 6.54 Å². The Bertz CT molecular complexity index is 352. The van der Waals surface area contributed by atoms with Gasteiger partial charge in [0.1, 0.15) is 0 Å². The third kappa shape index (κ3) is 5.13. The van der Waals surface area contributed by atoms with Crippen molar-refractivity contribution < 1.29 is 36.3 Å². The number of alkyl halides is 6. The van der Waals surface area contributed by atoms with E-state index in [1.165, 1.54) is 6.92 Å². The summed E-state index contributed by atoms with van der Waals surface area (Å²) >= 11 is 0. The van der Waals surface area contributed by atoms with E-state index in [2.05, 4.69) is 5.16 Å². The number of halogens is 6. The summed E-state index contributed by atoms with van der Waals surface area (Å²) in [6.07, 6.45) is -11.4. The van der Waals surface area contributed by atoms with Crippen LogP contribution in [0.2, 0.25) is 0 Å². The van der Waals surface area contributed by atoms with E-state index in [1.807, 2.05) is 0 Å². The van der Waals surface area contributed by atoms with Crippen molar-refractivity contribution in [3.63, 3.8) is 0 Å². The minimum Gasteiger partial charge on any atom is -0.409 e. The van der Waals surface area contributed by atoms with Crippen LogP contribution in [0.25, 0.3) is 0 Å². The van der Waals surface area contributed by atoms with Gasteiger partial charge < -0.3 is 15.8 Å². The summed E-state index contributed by atoms with van der Waals surface area (Å²) in [5.41, 5.74) is 5.00. The first-order valence-corrected chi connectivity index (χ1v) is 5.33. The third-order valence-corrected chi connectivity index (χ3v) is 2.19. The number of carbonyl (C=O) groups is 1. The molecule has 0 unspecified atom stereocenters. The summed E-state index contributed by atoms with van der Waals surface area (Å²) in [6.45, 7) is 0.228. The smallest absolute Gasteiger partial charge is 0.409 e. The van der Waals surface area contributed by atoms with Gasteiger partial charge in [-0.25, -0.2) is 0 Å². The summed E-state index contributed by atoms with van der Waals surface area (Å²) in [4.78, 5) is 11.7. The molecule has 0 aliphatic heterocycles. The zero-order valence-electron chi connectivity index (χ0n) is 10.3. The molecule has 1 amide bonds. The molecular weight excluding hydrogens is 296 g/mol. The first-order valence-electron chi connectivity index (χ1n) is 5.33. The summed E-state index contributed by atoms with van der Waals surface area (Å²) < 4.78 is 74.4. The van der Waals surface area contributed by atoms with E-state index >= 15 is 0 Å². The fourth-order valence-corrected chi connectivity index (χ4v) is 1.41. The van der Waals surface area contributed by atoms with Gasteiger partial charge in [0.15, 0.2) is 5.84 Å². The molecule has 0 aromatic heterocycles. The average molecular weight is 309 g/mol. The van der Waals surface area contributed by atoms with Crippen molar-refractivity contribution in [1.29, 1.82) is 0 Å². The number of amides is 1. The second kappa shape index (κ2) is 6.66. The molecule has 20 heavy (non-hydrogen) atoms. The lowest BCUT2D eigenvalue weighted by Gasteiger charge is -2.29. The van der Waals surface area contributed by atoms with Crippen LogP contribution in [0.15, 0.2) is 5.16 Å². The fraction of sp³-hybridized carbons (Fsp3) is 0.778. The van der Waals surface area contributed by atoms with E-state index < -0.39 is 43.1 Å². The Labute approximate surface area is 110 Å². The van der Waals surface area contributed by atoms with E-state index in [1.54, 1.807) is 0 Å². The van der Waals surface area contributed by atoms with Gasteiger partial charge in [-0.3, -0.25) is 4.79 Å². The Morgan fingerprint density at radius 1 is 1.25 bits per heavy atom. The SMILES string of the molecule is CCCN(CC(N)=NO)C(=O)C(C(F)(F)F)C(F)(F)F. The van der Waals surface area contributed by atoms with E-state index in [0.717, 1.165) is 0 Å². The molecule has 11 heteroatoms. The Morgan fingerprint density at radius 3 is 2.00 bits per heavy atom. The highest BCUT2D eigenvalue weighted by atomic mass is 19.4. The number of hydrogen-bond acceptors (Lipinski definition) is 3. The molecule has 0 fully saturated rings. The summed E-state index contributed by atoms with van der Waals surface area (Å²) in [7, 11) is 0. The third-order valence-electron chi connectivity index (χ3n) is 2.19. The molecule has 0 atom stereocenters. The Kier molecular flexibility index (Phi) is 6.10. The largest absolute Gasteiger partial charge is 0.409 e. The molecule has 5 nitrogen and oxygen atoms in total. The molecule has 0 aliphatic rings. The van der Waals surface area contributed by atoms with Crippen LogP contribution in [0, 0.1) is 5.92 Å². The molecule has 0 radical (unpaired) electrons. The van der Waals surface area contributed by atoms with Crippen LogP contribution >= 0.6 is 0 Å². The zero-order chi connectivity index (χ0) is 16.1. The Hall–Kier alpha value is -1.68. The highest BCUT2D eigenvalue weighted by Crippen LogP contribution is 2.40. The van der Waals surface area contributed by atoms with E-state index in [-0.39, 0.29) is 11.3 Å². The van der Waals surface area contributed by atoms with Crippen LogP contribution in [-0.4, -0.2) is 47.3 Å². The van der Waals surface area contributed by atoms with Crippen molar-refractivity contribution in [2.24, 2.45) is 16.8 Å². The van der Waals surface area contributed by atoms with Gasteiger partial charge in [0, 0.05) is 6.54 Å². The van der Waals surface area contributed by atoms with E-state index in [0.29, 0.717) is 0 Å². The average Bonchev–Trinajstić information content (AvgIpc) is 2.24. The van der Waals surface area contributed by atoms with Gasteiger partial charge in [0.2, 0.25) is 11.8 Å². The predicted octanol–water partition coefficient (Wildman–Crippen LogP) is 1.71. The van der Waals surface area contributed by atoms with E-state index in [4.69, 9.17) is 10.9 Å². The van der Waals surface area contributed by atoms with Crippen LogP contribution < -0.4 is 5.73 Å². The predicted molar refractivity (Wildman–Crippen MR) is 55.9 cm³/mol. The van der Waals surface area contributed by atoms with Crippen LogP contribution in [-0.2, 0) is 4.79 Å². The summed E-state index contributed by atoms with van der Waals surface area (Å²) in [5.74, 6) is -6.98. The van der Waals surface area contributed by atoms with E-state index in [9.17, 15) is 31.1 Å². The second-order valence-electron chi connectivity index (χ2n) is 3.87. The minimum atomic E-state index is -5.77. The molecule has 0 rings (SSSR count). The molecule has 0 heterocycles. The summed E-state index contributed by atoms with van der Waals surface area (Å²) in [6, 6.07) is 0. The Morgan fingerprint density at radius 2 is 1.70 bits per heavy atom. The van der Waals surface area contributed by atoms with Crippen LogP contribution in [0.1, 0.15) is 13.3 Å². The Balaban J connectivity index is 5.38. The molecule has 0 aliphatic carbocycles. The molecule has 0 aromatic rings. The first kappa shape index (κ1) is 18.3. The monoisotopic (exact) mass is 309 g/mol. The minimum absolute atomic E-state index is 0.104. The van der Waals surface area contributed by atoms with Crippen molar-refractivity contribution in [3.8, 4) is 0 Å².